The Labute approximate surface area is 153 Å². The van der Waals surface area contributed by atoms with Gasteiger partial charge in [0.2, 0.25) is 5.91 Å². The van der Waals surface area contributed by atoms with Crippen molar-refractivity contribution < 1.29 is 9.59 Å². The molecule has 0 radical (unpaired) electrons. The van der Waals surface area contributed by atoms with Gasteiger partial charge in [-0.25, -0.2) is 4.98 Å². The van der Waals surface area contributed by atoms with Crippen molar-refractivity contribution in [3.8, 4) is 0 Å². The number of carbonyl (C=O) groups is 2. The van der Waals surface area contributed by atoms with Crippen molar-refractivity contribution in [1.29, 1.82) is 0 Å². The first-order valence-corrected chi connectivity index (χ1v) is 9.18. The third-order valence-electron chi connectivity index (χ3n) is 5.73. The maximum absolute atomic E-state index is 12.8. The highest BCUT2D eigenvalue weighted by molar-refractivity contribution is 5.96. The van der Waals surface area contributed by atoms with Crippen molar-refractivity contribution in [2.75, 3.05) is 13.6 Å². The number of hydrogen-bond acceptors (Lipinski definition) is 3. The Balaban J connectivity index is 1.50. The van der Waals surface area contributed by atoms with Gasteiger partial charge < -0.3 is 14.8 Å². The second-order valence-corrected chi connectivity index (χ2v) is 7.32. The van der Waals surface area contributed by atoms with E-state index in [-0.39, 0.29) is 23.8 Å². The van der Waals surface area contributed by atoms with Gasteiger partial charge in [0.1, 0.15) is 5.82 Å². The topological polar surface area (TPSA) is 67.2 Å². The molecule has 1 aromatic heterocycles. The highest BCUT2D eigenvalue weighted by Crippen LogP contribution is 2.35. The summed E-state index contributed by atoms with van der Waals surface area (Å²) in [5, 5.41) is 3.07. The molecule has 1 fully saturated rings. The van der Waals surface area contributed by atoms with Crippen molar-refractivity contribution in [2.24, 2.45) is 13.0 Å². The van der Waals surface area contributed by atoms with Gasteiger partial charge >= 0.3 is 0 Å². The molecule has 4 rings (SSSR count). The van der Waals surface area contributed by atoms with Crippen molar-refractivity contribution in [1.82, 2.24) is 19.8 Å². The Bertz CT molecular complexity index is 857. The Kier molecular flexibility index (Phi) is 4.26. The summed E-state index contributed by atoms with van der Waals surface area (Å²) in [6.45, 7) is 0.468. The molecule has 1 saturated heterocycles. The fraction of sp³-hybridized carbons (Fsp3) is 0.450. The molecule has 136 valence electrons. The minimum Gasteiger partial charge on any atom is -0.352 e. The van der Waals surface area contributed by atoms with E-state index in [1.807, 2.05) is 37.0 Å². The lowest BCUT2D eigenvalue weighted by atomic mass is 9.98. The first kappa shape index (κ1) is 16.8. The summed E-state index contributed by atoms with van der Waals surface area (Å²) < 4.78 is 1.94. The van der Waals surface area contributed by atoms with Crippen LogP contribution in [0.3, 0.4) is 0 Å². The predicted molar refractivity (Wildman–Crippen MR) is 97.6 cm³/mol. The van der Waals surface area contributed by atoms with Crippen LogP contribution < -0.4 is 5.32 Å². The van der Waals surface area contributed by atoms with Crippen LogP contribution in [0.1, 0.15) is 46.2 Å². The predicted octanol–water partition coefficient (Wildman–Crippen LogP) is 1.86. The first-order valence-electron chi connectivity index (χ1n) is 9.18. The van der Waals surface area contributed by atoms with Crippen molar-refractivity contribution in [3.05, 3.63) is 53.1 Å². The average molecular weight is 352 g/mol. The first-order chi connectivity index (χ1) is 12.6. The monoisotopic (exact) mass is 352 g/mol. The van der Waals surface area contributed by atoms with Gasteiger partial charge in [0.15, 0.2) is 0 Å². The molecule has 2 heterocycles. The molecule has 0 saturated carbocycles. The van der Waals surface area contributed by atoms with Crippen LogP contribution in [0.15, 0.2) is 30.6 Å². The normalized spacial score (nSPS) is 21.9. The molecule has 1 aliphatic carbocycles. The number of nitrogens with one attached hydrogen (secondary N) is 1. The average Bonchev–Trinajstić information content (AvgIpc) is 3.33. The van der Waals surface area contributed by atoms with Crippen molar-refractivity contribution >= 4 is 11.8 Å². The molecule has 2 aromatic rings. The van der Waals surface area contributed by atoms with Gasteiger partial charge in [-0.3, -0.25) is 9.59 Å². The minimum absolute atomic E-state index is 0.0225. The minimum atomic E-state index is -0.107. The molecule has 2 atom stereocenters. The Morgan fingerprint density at radius 1 is 1.31 bits per heavy atom. The Morgan fingerprint density at radius 2 is 2.15 bits per heavy atom. The van der Waals surface area contributed by atoms with Crippen LogP contribution >= 0.6 is 0 Å². The lowest BCUT2D eigenvalue weighted by Gasteiger charge is -2.24. The van der Waals surface area contributed by atoms with E-state index in [1.54, 1.807) is 11.1 Å². The maximum atomic E-state index is 12.8. The summed E-state index contributed by atoms with van der Waals surface area (Å²) >= 11 is 0. The summed E-state index contributed by atoms with van der Waals surface area (Å²) in [7, 11) is 3.75. The number of benzene rings is 1. The van der Waals surface area contributed by atoms with Crippen LogP contribution in [0, 0.1) is 5.92 Å². The molecule has 2 amide bonds. The quantitative estimate of drug-likeness (QED) is 0.913. The van der Waals surface area contributed by atoms with E-state index in [0.717, 1.165) is 30.7 Å². The molecule has 0 bridgehead atoms. The van der Waals surface area contributed by atoms with Gasteiger partial charge in [-0.05, 0) is 36.5 Å². The van der Waals surface area contributed by atoms with Gasteiger partial charge in [0.25, 0.3) is 5.91 Å². The standard InChI is InChI=1S/C20H24N4O2/c1-23-10-9-21-19(23)18-14(11-17(25)24(18)2)12-22-20(26)16-8-4-6-13-5-3-7-15(13)16/h4,6,8-10,14,18H,3,5,7,11-12H2,1-2H3,(H,22,26)/t14-,18+/m0/s1. The maximum Gasteiger partial charge on any atom is 0.251 e. The summed E-state index contributed by atoms with van der Waals surface area (Å²) in [4.78, 5) is 31.2. The van der Waals surface area contributed by atoms with Crippen molar-refractivity contribution in [3.63, 3.8) is 0 Å². The van der Waals surface area contributed by atoms with Crippen LogP contribution in [0.25, 0.3) is 0 Å². The summed E-state index contributed by atoms with van der Waals surface area (Å²) in [6.07, 6.45) is 7.20. The number of aromatic nitrogens is 2. The van der Waals surface area contributed by atoms with Gasteiger partial charge in [-0.15, -0.1) is 0 Å². The molecular formula is C20H24N4O2. The number of aryl methyl sites for hydroxylation is 2. The fourth-order valence-electron chi connectivity index (χ4n) is 4.33. The van der Waals surface area contributed by atoms with E-state index >= 15 is 0 Å². The van der Waals surface area contributed by atoms with E-state index in [4.69, 9.17) is 0 Å². The highest BCUT2D eigenvalue weighted by Gasteiger charge is 2.40. The van der Waals surface area contributed by atoms with E-state index in [0.29, 0.717) is 13.0 Å². The van der Waals surface area contributed by atoms with Gasteiger partial charge in [-0.1, -0.05) is 12.1 Å². The zero-order valence-corrected chi connectivity index (χ0v) is 15.2. The van der Waals surface area contributed by atoms with Crippen LogP contribution in [0.4, 0.5) is 0 Å². The third kappa shape index (κ3) is 2.79. The molecule has 6 heteroatoms. The SMILES string of the molecule is CN1C(=O)C[C@@H](CNC(=O)c2cccc3c2CCC3)[C@@H]1c1nccn1C. The third-order valence-corrected chi connectivity index (χ3v) is 5.73. The summed E-state index contributed by atoms with van der Waals surface area (Å²) in [6, 6.07) is 5.87. The molecular weight excluding hydrogens is 328 g/mol. The number of hydrogen-bond donors (Lipinski definition) is 1. The molecule has 6 nitrogen and oxygen atoms in total. The number of imidazole rings is 1. The molecule has 1 aliphatic heterocycles. The largest absolute Gasteiger partial charge is 0.352 e. The van der Waals surface area contributed by atoms with Crippen LogP contribution in [-0.4, -0.2) is 39.9 Å². The van der Waals surface area contributed by atoms with Crippen LogP contribution in [0.2, 0.25) is 0 Å². The summed E-state index contributed by atoms with van der Waals surface area (Å²) in [5.41, 5.74) is 3.26. The smallest absolute Gasteiger partial charge is 0.251 e. The van der Waals surface area contributed by atoms with Crippen molar-refractivity contribution in [2.45, 2.75) is 31.7 Å². The Morgan fingerprint density at radius 3 is 2.92 bits per heavy atom. The molecule has 0 unspecified atom stereocenters. The van der Waals surface area contributed by atoms with E-state index < -0.39 is 0 Å². The van der Waals surface area contributed by atoms with Crippen LogP contribution in [-0.2, 0) is 24.7 Å². The molecule has 26 heavy (non-hydrogen) atoms. The van der Waals surface area contributed by atoms with Gasteiger partial charge in [0, 0.05) is 50.9 Å². The molecule has 1 aromatic carbocycles. The van der Waals surface area contributed by atoms with Crippen LogP contribution in [0.5, 0.6) is 0 Å². The summed E-state index contributed by atoms with van der Waals surface area (Å²) in [5.74, 6) is 0.940. The fourth-order valence-corrected chi connectivity index (χ4v) is 4.33. The second-order valence-electron chi connectivity index (χ2n) is 7.32. The zero-order chi connectivity index (χ0) is 18.3. The zero-order valence-electron chi connectivity index (χ0n) is 15.2. The second kappa shape index (κ2) is 6.59. The number of fused-ring (bicyclic) bond motifs is 1. The van der Waals surface area contributed by atoms with E-state index in [9.17, 15) is 9.59 Å². The van der Waals surface area contributed by atoms with E-state index in [2.05, 4.69) is 16.4 Å². The molecule has 0 spiro atoms. The number of likely N-dealkylation sites (tertiary alicyclic amines) is 1. The van der Waals surface area contributed by atoms with E-state index in [1.165, 1.54) is 11.1 Å². The number of amides is 2. The molecule has 1 N–H and O–H groups in total. The number of carbonyl (C=O) groups excluding carboxylic acids is 2. The highest BCUT2D eigenvalue weighted by atomic mass is 16.2. The number of rotatable bonds is 4. The lowest BCUT2D eigenvalue weighted by molar-refractivity contribution is -0.127. The number of nitrogens with zero attached hydrogens (tertiary/aromatic N) is 3. The van der Waals surface area contributed by atoms with Gasteiger partial charge in [-0.2, -0.15) is 0 Å². The molecule has 2 aliphatic rings. The Hall–Kier alpha value is -2.63. The van der Waals surface area contributed by atoms with Gasteiger partial charge in [0.05, 0.1) is 6.04 Å². The lowest BCUT2D eigenvalue weighted by Crippen LogP contribution is -2.34.